The number of rotatable bonds is 6. The van der Waals surface area contributed by atoms with Crippen molar-refractivity contribution in [2.24, 2.45) is 7.05 Å². The summed E-state index contributed by atoms with van der Waals surface area (Å²) in [6.45, 7) is -0.486. The molecule has 1 aromatic heterocycles. The van der Waals surface area contributed by atoms with Gasteiger partial charge in [-0.25, -0.2) is 0 Å². The summed E-state index contributed by atoms with van der Waals surface area (Å²) in [5.41, 5.74) is 1.41. The molecule has 0 aliphatic rings. The number of methoxy groups -OCH3 is 1. The van der Waals surface area contributed by atoms with Crippen LogP contribution in [0.4, 0.5) is 0 Å². The fourth-order valence-corrected chi connectivity index (χ4v) is 3.11. The van der Waals surface area contributed by atoms with Crippen LogP contribution >= 0.6 is 11.8 Å². The number of hydrogen-bond donors (Lipinski definition) is 1. The Kier molecular flexibility index (Phi) is 5.16. The van der Waals surface area contributed by atoms with Gasteiger partial charge in [0.2, 0.25) is 0 Å². The largest absolute Gasteiger partial charge is 0.497 e. The average molecular weight is 355 g/mol. The number of benzene rings is 2. The van der Waals surface area contributed by atoms with Crippen molar-refractivity contribution in [3.05, 3.63) is 54.1 Å². The molecule has 0 fully saturated rings. The van der Waals surface area contributed by atoms with Gasteiger partial charge in [0, 0.05) is 23.1 Å². The quantitative estimate of drug-likeness (QED) is 0.685. The van der Waals surface area contributed by atoms with Crippen molar-refractivity contribution in [2.45, 2.75) is 10.1 Å². The molecule has 0 saturated carbocycles. The monoisotopic (exact) mass is 355 g/mol. The van der Waals surface area contributed by atoms with Gasteiger partial charge in [-0.3, -0.25) is 4.79 Å². The van der Waals surface area contributed by atoms with Crippen LogP contribution in [0.3, 0.4) is 0 Å². The SMILES string of the molecule is COc1cccc(-c2nnc(Sc3ccc(C(=O)CO)cc3)n2C)c1. The molecular formula is C18H17N3O3S. The molecule has 1 heterocycles. The Morgan fingerprint density at radius 1 is 1.20 bits per heavy atom. The van der Waals surface area contributed by atoms with E-state index >= 15 is 0 Å². The molecule has 128 valence electrons. The second-order valence-corrected chi connectivity index (χ2v) is 6.35. The Morgan fingerprint density at radius 2 is 1.96 bits per heavy atom. The molecule has 3 rings (SSSR count). The molecule has 0 bridgehead atoms. The number of ketones is 1. The maximum atomic E-state index is 11.5. The Hall–Kier alpha value is -2.64. The first kappa shape index (κ1) is 17.2. The third-order valence-corrected chi connectivity index (χ3v) is 4.74. The van der Waals surface area contributed by atoms with E-state index in [9.17, 15) is 4.79 Å². The highest BCUT2D eigenvalue weighted by molar-refractivity contribution is 7.99. The topological polar surface area (TPSA) is 77.2 Å². The Balaban J connectivity index is 1.82. The van der Waals surface area contributed by atoms with E-state index in [4.69, 9.17) is 9.84 Å². The predicted octanol–water partition coefficient (Wildman–Crippen LogP) is 2.82. The molecular weight excluding hydrogens is 338 g/mol. The summed E-state index contributed by atoms with van der Waals surface area (Å²) in [4.78, 5) is 12.4. The molecule has 0 aliphatic carbocycles. The van der Waals surface area contributed by atoms with Gasteiger partial charge in [0.15, 0.2) is 16.8 Å². The lowest BCUT2D eigenvalue weighted by Crippen LogP contribution is -2.03. The summed E-state index contributed by atoms with van der Waals surface area (Å²) in [6, 6.07) is 14.7. The molecule has 1 N–H and O–H groups in total. The lowest BCUT2D eigenvalue weighted by molar-refractivity contribution is 0.0903. The zero-order chi connectivity index (χ0) is 17.8. The van der Waals surface area contributed by atoms with E-state index in [0.717, 1.165) is 27.2 Å². The number of carbonyl (C=O) groups is 1. The number of nitrogens with zero attached hydrogens (tertiary/aromatic N) is 3. The number of aliphatic hydroxyl groups is 1. The normalized spacial score (nSPS) is 10.7. The molecule has 0 aliphatic heterocycles. The molecule has 0 amide bonds. The third kappa shape index (κ3) is 3.72. The number of aromatic nitrogens is 3. The fraction of sp³-hybridized carbons (Fsp3) is 0.167. The van der Waals surface area contributed by atoms with Gasteiger partial charge in [-0.05, 0) is 36.0 Å². The van der Waals surface area contributed by atoms with Crippen molar-refractivity contribution < 1.29 is 14.6 Å². The van der Waals surface area contributed by atoms with Crippen LogP contribution < -0.4 is 4.74 Å². The average Bonchev–Trinajstić information content (AvgIpc) is 3.02. The Morgan fingerprint density at radius 3 is 2.64 bits per heavy atom. The van der Waals surface area contributed by atoms with E-state index in [2.05, 4.69) is 10.2 Å². The van der Waals surface area contributed by atoms with Gasteiger partial charge in [0.05, 0.1) is 7.11 Å². The molecule has 6 nitrogen and oxygen atoms in total. The van der Waals surface area contributed by atoms with E-state index in [1.807, 2.05) is 48.0 Å². The first-order chi connectivity index (χ1) is 12.1. The van der Waals surface area contributed by atoms with E-state index in [1.165, 1.54) is 11.8 Å². The zero-order valence-electron chi connectivity index (χ0n) is 13.8. The van der Waals surface area contributed by atoms with Crippen molar-refractivity contribution in [1.82, 2.24) is 14.8 Å². The molecule has 0 unspecified atom stereocenters. The van der Waals surface area contributed by atoms with E-state index in [0.29, 0.717) is 5.56 Å². The third-order valence-electron chi connectivity index (χ3n) is 3.69. The summed E-state index contributed by atoms with van der Waals surface area (Å²) in [6.07, 6.45) is 0. The maximum Gasteiger partial charge on any atom is 0.196 e. The lowest BCUT2D eigenvalue weighted by atomic mass is 10.1. The number of hydrogen-bond acceptors (Lipinski definition) is 6. The van der Waals surface area contributed by atoms with Crippen molar-refractivity contribution in [3.8, 4) is 17.1 Å². The van der Waals surface area contributed by atoms with Crippen molar-refractivity contribution in [3.63, 3.8) is 0 Å². The molecule has 7 heteroatoms. The molecule has 0 saturated heterocycles. The minimum atomic E-state index is -0.486. The van der Waals surface area contributed by atoms with Crippen molar-refractivity contribution in [1.29, 1.82) is 0 Å². The molecule has 0 radical (unpaired) electrons. The highest BCUT2D eigenvalue weighted by atomic mass is 32.2. The first-order valence-corrected chi connectivity index (χ1v) is 8.40. The van der Waals surface area contributed by atoms with Crippen LogP contribution in [0.1, 0.15) is 10.4 Å². The maximum absolute atomic E-state index is 11.5. The van der Waals surface area contributed by atoms with Gasteiger partial charge >= 0.3 is 0 Å². The number of carbonyl (C=O) groups excluding carboxylic acids is 1. The molecule has 3 aromatic rings. The van der Waals surface area contributed by atoms with Crippen LogP contribution in [0.15, 0.2) is 58.6 Å². The van der Waals surface area contributed by atoms with Crippen LogP contribution in [0, 0.1) is 0 Å². The highest BCUT2D eigenvalue weighted by Gasteiger charge is 2.13. The van der Waals surface area contributed by atoms with Gasteiger partial charge in [-0.15, -0.1) is 10.2 Å². The van der Waals surface area contributed by atoms with Gasteiger partial charge < -0.3 is 14.4 Å². The standard InChI is InChI=1S/C18H17N3O3S/c1-21-17(13-4-3-5-14(10-13)24-2)19-20-18(21)25-15-8-6-12(7-9-15)16(23)11-22/h3-10,22H,11H2,1-2H3. The van der Waals surface area contributed by atoms with E-state index in [-0.39, 0.29) is 5.78 Å². The van der Waals surface area contributed by atoms with Crippen molar-refractivity contribution >= 4 is 17.5 Å². The van der Waals surface area contributed by atoms with E-state index in [1.54, 1.807) is 19.2 Å². The number of Topliss-reactive ketones (excluding diaryl/α,β-unsaturated/α-hetero) is 1. The van der Waals surface area contributed by atoms with Crippen LogP contribution in [0.2, 0.25) is 0 Å². The minimum Gasteiger partial charge on any atom is -0.497 e. The summed E-state index contributed by atoms with van der Waals surface area (Å²) in [5, 5.41) is 18.1. The Bertz CT molecular complexity index is 891. The van der Waals surface area contributed by atoms with Gasteiger partial charge in [-0.2, -0.15) is 0 Å². The van der Waals surface area contributed by atoms with Gasteiger partial charge in [0.1, 0.15) is 12.4 Å². The second-order valence-electron chi connectivity index (χ2n) is 5.30. The minimum absolute atomic E-state index is 0.296. The van der Waals surface area contributed by atoms with Crippen LogP contribution in [0.25, 0.3) is 11.4 Å². The summed E-state index contributed by atoms with van der Waals surface area (Å²) < 4.78 is 7.16. The first-order valence-electron chi connectivity index (χ1n) is 7.58. The highest BCUT2D eigenvalue weighted by Crippen LogP contribution is 2.29. The van der Waals surface area contributed by atoms with Crippen LogP contribution in [-0.4, -0.2) is 39.4 Å². The molecule has 25 heavy (non-hydrogen) atoms. The van der Waals surface area contributed by atoms with Crippen LogP contribution in [0.5, 0.6) is 5.75 Å². The summed E-state index contributed by atoms with van der Waals surface area (Å²) in [7, 11) is 3.53. The smallest absolute Gasteiger partial charge is 0.196 e. The zero-order valence-corrected chi connectivity index (χ0v) is 14.7. The summed E-state index contributed by atoms with van der Waals surface area (Å²) in [5.74, 6) is 1.21. The number of ether oxygens (including phenoxy) is 1. The Labute approximate surface area is 149 Å². The second kappa shape index (κ2) is 7.50. The summed E-state index contributed by atoms with van der Waals surface area (Å²) >= 11 is 1.45. The lowest BCUT2D eigenvalue weighted by Gasteiger charge is -2.06. The van der Waals surface area contributed by atoms with E-state index < -0.39 is 6.61 Å². The van der Waals surface area contributed by atoms with Crippen molar-refractivity contribution in [2.75, 3.05) is 13.7 Å². The molecule has 0 atom stereocenters. The van der Waals surface area contributed by atoms with Gasteiger partial charge in [-0.1, -0.05) is 24.3 Å². The van der Waals surface area contributed by atoms with Crippen LogP contribution in [-0.2, 0) is 7.05 Å². The predicted molar refractivity (Wildman–Crippen MR) is 95.0 cm³/mol. The fourth-order valence-electron chi connectivity index (χ4n) is 2.32. The molecule has 2 aromatic carbocycles. The molecule has 0 spiro atoms. The van der Waals surface area contributed by atoms with Gasteiger partial charge in [0.25, 0.3) is 0 Å². The number of aliphatic hydroxyl groups excluding tert-OH is 1.